The maximum absolute atomic E-state index is 7.22. The predicted molar refractivity (Wildman–Crippen MR) is 40.8 cm³/mol. The lowest BCUT2D eigenvalue weighted by Crippen LogP contribution is -1.98. The molecule has 1 heteroatoms. The molecule has 0 saturated heterocycles. The van der Waals surface area contributed by atoms with Crippen molar-refractivity contribution in [1.29, 1.82) is 3.70 Å². The third-order valence-electron chi connectivity index (χ3n) is 1.05. The van der Waals surface area contributed by atoms with E-state index in [2.05, 4.69) is 0 Å². The maximum atomic E-state index is 7.22. The van der Waals surface area contributed by atoms with Gasteiger partial charge < -0.3 is 0 Å². The van der Waals surface area contributed by atoms with Crippen LogP contribution in [0.15, 0.2) is 24.3 Å². The summed E-state index contributed by atoms with van der Waals surface area (Å²) in [6, 6.07) is 7.09. The number of hydrogen-bond acceptors (Lipinski definition) is 0. The second kappa shape index (κ2) is 2.14. The largest absolute Gasteiger partial charge is 0.0707 e. The Morgan fingerprint density at radius 1 is 1.38 bits per heavy atom. The van der Waals surface area contributed by atoms with E-state index in [9.17, 15) is 0 Å². The Labute approximate surface area is 56.6 Å². The van der Waals surface area contributed by atoms with Gasteiger partial charge in [0.2, 0.25) is 0 Å². The fourth-order valence-electron chi connectivity index (χ4n) is 0.554. The summed E-state index contributed by atoms with van der Waals surface area (Å²) in [5.41, 5.74) is 1.10. The molecule has 0 bridgehead atoms. The average Bonchev–Trinajstić information content (AvgIpc) is 1.86. The zero-order chi connectivity index (χ0) is 8.48. The van der Waals surface area contributed by atoms with E-state index >= 15 is 0 Å². The van der Waals surface area contributed by atoms with E-state index < -0.39 is 10.0 Å². The van der Waals surface area contributed by atoms with E-state index in [0.717, 1.165) is 5.56 Å². The number of benzene rings is 1. The van der Waals surface area contributed by atoms with Crippen molar-refractivity contribution in [3.05, 3.63) is 29.8 Å². The number of aryl methyl sites for hydroxylation is 1. The molecule has 0 amide bonds. The van der Waals surface area contributed by atoms with Crippen molar-refractivity contribution in [3.63, 3.8) is 0 Å². The normalized spacial score (nSPS) is 16.4. The van der Waals surface area contributed by atoms with Gasteiger partial charge in [0.1, 0.15) is 0 Å². The van der Waals surface area contributed by atoms with Crippen molar-refractivity contribution in [2.24, 2.45) is 0 Å². The van der Waals surface area contributed by atoms with Gasteiger partial charge in [0, 0.05) is 13.7 Å². The van der Waals surface area contributed by atoms with Gasteiger partial charge in [0.05, 0.1) is 0 Å². The summed E-state index contributed by atoms with van der Waals surface area (Å²) >= 11 is 0. The van der Waals surface area contributed by atoms with Crippen LogP contribution in [0.5, 0.6) is 0 Å². The molecule has 1 rings (SSSR count). The molecule has 0 saturated carbocycles. The van der Waals surface area contributed by atoms with Crippen LogP contribution in [0.4, 0.5) is 0 Å². The van der Waals surface area contributed by atoms with Gasteiger partial charge in [-0.2, -0.15) is 0 Å². The van der Waals surface area contributed by atoms with Crippen LogP contribution in [0, 0.1) is 6.92 Å². The molecule has 0 radical (unpaired) electrons. The first kappa shape index (κ1) is 2.83. The molecular formula is C7H10Si. The van der Waals surface area contributed by atoms with Crippen molar-refractivity contribution in [1.82, 2.24) is 0 Å². The van der Waals surface area contributed by atoms with Gasteiger partial charge >= 0.3 is 0 Å². The summed E-state index contributed by atoms with van der Waals surface area (Å²) in [6.45, 7) is 1.95. The lowest BCUT2D eigenvalue weighted by Gasteiger charge is -1.90. The van der Waals surface area contributed by atoms with Gasteiger partial charge in [-0.3, -0.25) is 0 Å². The first-order valence-electron chi connectivity index (χ1n) is 4.07. The average molecular weight is 128 g/mol. The standard InChI is InChI=1S/C7H10Si/c1-6-2-4-7(8)5-3-6/h2-5H,1,8H3/i8T3. The number of rotatable bonds is 1. The molecule has 0 atom stereocenters. The Hall–Kier alpha value is -0.563. The van der Waals surface area contributed by atoms with Crippen molar-refractivity contribution < 1.29 is 0 Å². The minimum Gasteiger partial charge on any atom is -0.0707 e. The quantitative estimate of drug-likeness (QED) is 0.467. The fourth-order valence-corrected chi connectivity index (χ4v) is 0.720. The molecule has 0 heterocycles. The van der Waals surface area contributed by atoms with Gasteiger partial charge in [-0.05, 0) is 6.92 Å². The van der Waals surface area contributed by atoms with Crippen LogP contribution >= 0.6 is 0 Å². The summed E-state index contributed by atoms with van der Waals surface area (Å²) in [5, 5.41) is 0.545. The molecule has 0 aliphatic carbocycles. The minimum absolute atomic E-state index is 0.545. The first-order chi connectivity index (χ1) is 5.00. The lowest BCUT2D eigenvalue weighted by atomic mass is 10.2. The summed E-state index contributed by atoms with van der Waals surface area (Å²) in [4.78, 5) is 0. The van der Waals surface area contributed by atoms with Crippen LogP contribution in [0.2, 0.25) is 0 Å². The van der Waals surface area contributed by atoms with Crippen LogP contribution in [0.25, 0.3) is 0 Å². The van der Waals surface area contributed by atoms with Gasteiger partial charge in [-0.1, -0.05) is 35.0 Å². The highest BCUT2D eigenvalue weighted by molar-refractivity contribution is 6.32. The lowest BCUT2D eigenvalue weighted by molar-refractivity contribution is 1.49. The third-order valence-corrected chi connectivity index (χ3v) is 1.38. The fraction of sp³-hybridized carbons (Fsp3) is 0.143. The summed E-state index contributed by atoms with van der Waals surface area (Å²) in [7, 11) is -3.31. The van der Waals surface area contributed by atoms with Crippen molar-refractivity contribution in [3.8, 4) is 0 Å². The van der Waals surface area contributed by atoms with Crippen LogP contribution in [-0.4, -0.2) is 13.7 Å². The molecule has 0 nitrogen and oxygen atoms in total. The van der Waals surface area contributed by atoms with E-state index in [1.807, 2.05) is 19.1 Å². The summed E-state index contributed by atoms with van der Waals surface area (Å²) < 4.78 is 21.6. The molecule has 8 heavy (non-hydrogen) atoms. The van der Waals surface area contributed by atoms with Crippen molar-refractivity contribution >= 4 is 15.2 Å². The van der Waals surface area contributed by atoms with E-state index in [-0.39, 0.29) is 0 Å². The molecule has 0 unspecified atom stereocenters. The highest BCUT2D eigenvalue weighted by atomic mass is 28.1. The smallest absolute Gasteiger partial charge is 0.0384 e. The van der Waals surface area contributed by atoms with E-state index in [1.54, 1.807) is 12.1 Å². The third kappa shape index (κ3) is 1.20. The summed E-state index contributed by atoms with van der Waals surface area (Å²) in [6.07, 6.45) is 0. The maximum Gasteiger partial charge on any atom is 0.0384 e. The van der Waals surface area contributed by atoms with Crippen LogP contribution in [0.1, 0.15) is 5.56 Å². The molecule has 0 N–H and O–H groups in total. The van der Waals surface area contributed by atoms with Gasteiger partial charge in [0.25, 0.3) is 0 Å². The van der Waals surface area contributed by atoms with Crippen LogP contribution < -0.4 is 5.19 Å². The van der Waals surface area contributed by atoms with E-state index in [1.165, 1.54) is 0 Å². The molecule has 0 aliphatic rings. The first-order valence-corrected chi connectivity index (χ1v) is 3.07. The molecule has 0 aromatic heterocycles. The van der Waals surface area contributed by atoms with E-state index in [0.29, 0.717) is 5.19 Å². The van der Waals surface area contributed by atoms with E-state index in [4.69, 9.17) is 3.70 Å². The SMILES string of the molecule is [3H][Si]([3H])([3H])c1ccc(C)cc1. The van der Waals surface area contributed by atoms with Gasteiger partial charge in [-0.15, -0.1) is 0 Å². The highest BCUT2D eigenvalue weighted by Crippen LogP contribution is 1.90. The minimum atomic E-state index is -3.31. The Morgan fingerprint density at radius 3 is 2.50 bits per heavy atom. The molecule has 0 spiro atoms. The summed E-state index contributed by atoms with van der Waals surface area (Å²) in [5.74, 6) is 0. The zero-order valence-corrected chi connectivity index (χ0v) is 5.81. The molecule has 1 aromatic rings. The molecule has 0 fully saturated rings. The zero-order valence-electron chi connectivity index (χ0n) is 7.81. The highest BCUT2D eigenvalue weighted by Gasteiger charge is 1.79. The Morgan fingerprint density at radius 2 is 2.00 bits per heavy atom. The predicted octanol–water partition coefficient (Wildman–Crippen LogP) is -0.0143. The Balaban J connectivity index is 2.99. The van der Waals surface area contributed by atoms with Crippen LogP contribution in [0.3, 0.4) is 0 Å². The molecule has 0 aliphatic heterocycles. The molecular weight excluding hydrogens is 112 g/mol. The molecule has 42 valence electrons. The van der Waals surface area contributed by atoms with Gasteiger partial charge in [-0.25, -0.2) is 0 Å². The van der Waals surface area contributed by atoms with Crippen molar-refractivity contribution in [2.45, 2.75) is 6.92 Å². The molecule has 1 aromatic carbocycles. The van der Waals surface area contributed by atoms with Gasteiger partial charge in [0.15, 0.2) is 0 Å². The number of hydrogen-bond donors (Lipinski definition) is 0. The Bertz CT molecular complexity index is 237. The second-order valence-electron chi connectivity index (χ2n) is 1.87. The topological polar surface area (TPSA) is 0 Å². The van der Waals surface area contributed by atoms with Crippen LogP contribution in [-0.2, 0) is 0 Å². The Kier molecular flexibility index (Phi) is 0.755. The second-order valence-corrected chi connectivity index (χ2v) is 2.44. The monoisotopic (exact) mass is 128 g/mol. The van der Waals surface area contributed by atoms with Crippen molar-refractivity contribution in [2.75, 3.05) is 0 Å².